The first-order chi connectivity index (χ1) is 11.8. The summed E-state index contributed by atoms with van der Waals surface area (Å²) in [6.45, 7) is 5.55. The summed E-state index contributed by atoms with van der Waals surface area (Å²) in [7, 11) is 0. The van der Waals surface area contributed by atoms with Crippen LogP contribution in [0, 0.1) is 0 Å². The van der Waals surface area contributed by atoms with Gasteiger partial charge >= 0.3 is 6.18 Å². The molecule has 1 atom stereocenters. The van der Waals surface area contributed by atoms with Gasteiger partial charge in [0.2, 0.25) is 5.91 Å². The zero-order valence-electron chi connectivity index (χ0n) is 14.5. The van der Waals surface area contributed by atoms with Crippen molar-refractivity contribution in [3.8, 4) is 0 Å². The number of amidine groups is 1. The van der Waals surface area contributed by atoms with Gasteiger partial charge in [0.1, 0.15) is 0 Å². The maximum atomic E-state index is 12.9. The van der Waals surface area contributed by atoms with Crippen LogP contribution >= 0.6 is 11.8 Å². The summed E-state index contributed by atoms with van der Waals surface area (Å²) in [6, 6.07) is 5.24. The number of amides is 1. The molecule has 1 aliphatic heterocycles. The second-order valence-electron chi connectivity index (χ2n) is 5.39. The summed E-state index contributed by atoms with van der Waals surface area (Å²) in [6.07, 6.45) is -3.49. The van der Waals surface area contributed by atoms with Crippen molar-refractivity contribution >= 4 is 22.8 Å². The van der Waals surface area contributed by atoms with Crippen LogP contribution in [0.25, 0.3) is 0 Å². The molecule has 0 aliphatic carbocycles. The molecule has 0 bridgehead atoms. The van der Waals surface area contributed by atoms with Crippen molar-refractivity contribution in [3.63, 3.8) is 0 Å². The lowest BCUT2D eigenvalue weighted by Crippen LogP contribution is -2.33. The number of carbonyl (C=O) groups is 1. The molecule has 0 aromatic heterocycles. The molecule has 1 aliphatic rings. The maximum absolute atomic E-state index is 12.9. The molecule has 0 radical (unpaired) electrons. The van der Waals surface area contributed by atoms with Gasteiger partial charge in [-0.05, 0) is 31.4 Å². The lowest BCUT2D eigenvalue weighted by atomic mass is 10.0. The van der Waals surface area contributed by atoms with Crippen molar-refractivity contribution in [2.24, 2.45) is 4.99 Å². The first-order valence-electron chi connectivity index (χ1n) is 8.07. The van der Waals surface area contributed by atoms with Crippen LogP contribution in [-0.2, 0) is 17.5 Å². The van der Waals surface area contributed by atoms with E-state index < -0.39 is 16.5 Å². The van der Waals surface area contributed by atoms with Gasteiger partial charge in [-0.2, -0.15) is 13.2 Å². The lowest BCUT2D eigenvalue weighted by Gasteiger charge is -2.17. The fraction of sp³-hybridized carbons (Fsp3) is 0.529. The number of aliphatic hydroxyl groups excluding tert-OH is 1. The minimum absolute atomic E-state index is 0.0190. The molecule has 0 spiro atoms. The van der Waals surface area contributed by atoms with Crippen LogP contribution in [-0.4, -0.2) is 27.5 Å². The van der Waals surface area contributed by atoms with E-state index in [-0.39, 0.29) is 24.6 Å². The highest BCUT2D eigenvalue weighted by Gasteiger charge is 2.41. The van der Waals surface area contributed by atoms with E-state index in [0.717, 1.165) is 6.07 Å². The van der Waals surface area contributed by atoms with Crippen molar-refractivity contribution < 1.29 is 23.1 Å². The summed E-state index contributed by atoms with van der Waals surface area (Å²) in [4.78, 5) is 16.1. The number of nitrogens with zero attached hydrogens (tertiary/aromatic N) is 1. The van der Waals surface area contributed by atoms with Crippen molar-refractivity contribution in [1.82, 2.24) is 5.32 Å². The summed E-state index contributed by atoms with van der Waals surface area (Å²) in [5, 5.41) is 11.8. The third-order valence-corrected chi connectivity index (χ3v) is 4.81. The standard InChI is InChI=1S/C15H17F3N2O2S.C2H6/c1-14(7-4-8-21)12(22)20-13(23-14)19-9-10-5-2-3-6-11(10)15(16,17)18;1-2/h2-3,5-6,21H,4,7-9H2,1H3,(H,19,20,22);1-2H3. The molecule has 8 heteroatoms. The summed E-state index contributed by atoms with van der Waals surface area (Å²) < 4.78 is 38.0. The minimum atomic E-state index is -4.43. The normalized spacial score (nSPS) is 21.7. The van der Waals surface area contributed by atoms with Gasteiger partial charge in [0, 0.05) is 6.61 Å². The van der Waals surface area contributed by atoms with E-state index in [1.54, 1.807) is 6.92 Å². The SMILES string of the molecule is CC.CC1(CCCO)SC(=NCc2ccccc2C(F)(F)F)NC1=O. The van der Waals surface area contributed by atoms with E-state index in [4.69, 9.17) is 5.11 Å². The predicted molar refractivity (Wildman–Crippen MR) is 94.4 cm³/mol. The highest BCUT2D eigenvalue weighted by atomic mass is 32.2. The highest BCUT2D eigenvalue weighted by molar-refractivity contribution is 8.16. The van der Waals surface area contributed by atoms with Crippen molar-refractivity contribution in [3.05, 3.63) is 35.4 Å². The van der Waals surface area contributed by atoms with Gasteiger partial charge in [0.25, 0.3) is 0 Å². The molecule has 1 fully saturated rings. The number of alkyl halides is 3. The second-order valence-corrected chi connectivity index (χ2v) is 6.88. The zero-order chi connectivity index (χ0) is 19.1. The van der Waals surface area contributed by atoms with Gasteiger partial charge in [-0.1, -0.05) is 43.8 Å². The number of nitrogens with one attached hydrogen (secondary N) is 1. The summed E-state index contributed by atoms with van der Waals surface area (Å²) in [5.74, 6) is -0.237. The largest absolute Gasteiger partial charge is 0.416 e. The monoisotopic (exact) mass is 376 g/mol. The molecular weight excluding hydrogens is 353 g/mol. The number of hydrogen-bond acceptors (Lipinski definition) is 4. The van der Waals surface area contributed by atoms with Crippen LogP contribution in [0.3, 0.4) is 0 Å². The van der Waals surface area contributed by atoms with E-state index in [9.17, 15) is 18.0 Å². The van der Waals surface area contributed by atoms with Gasteiger partial charge in [0.05, 0.1) is 16.9 Å². The van der Waals surface area contributed by atoms with E-state index in [1.165, 1.54) is 30.0 Å². The van der Waals surface area contributed by atoms with Gasteiger partial charge in [-0.25, -0.2) is 0 Å². The Bertz CT molecular complexity index is 620. The lowest BCUT2D eigenvalue weighted by molar-refractivity contribution is -0.138. The molecule has 4 nitrogen and oxygen atoms in total. The van der Waals surface area contributed by atoms with Crippen molar-refractivity contribution in [2.75, 3.05) is 6.61 Å². The molecule has 1 saturated heterocycles. The van der Waals surface area contributed by atoms with Crippen molar-refractivity contribution in [1.29, 1.82) is 0 Å². The van der Waals surface area contributed by atoms with Crippen LogP contribution in [0.4, 0.5) is 13.2 Å². The average Bonchev–Trinajstić information content (AvgIpc) is 2.87. The molecule has 0 saturated carbocycles. The third-order valence-electron chi connectivity index (χ3n) is 3.55. The Balaban J connectivity index is 0.00000151. The average molecular weight is 376 g/mol. The Hall–Kier alpha value is -1.54. The van der Waals surface area contributed by atoms with Gasteiger partial charge in [-0.3, -0.25) is 9.79 Å². The molecule has 2 rings (SSSR count). The second kappa shape index (κ2) is 9.24. The topological polar surface area (TPSA) is 61.7 Å². The van der Waals surface area contributed by atoms with Gasteiger partial charge in [-0.15, -0.1) is 0 Å². The number of aliphatic imine (C=N–C) groups is 1. The number of benzene rings is 1. The molecule has 1 heterocycles. The van der Waals surface area contributed by atoms with Crippen LogP contribution in [0.1, 0.15) is 44.7 Å². The summed E-state index contributed by atoms with van der Waals surface area (Å²) in [5.41, 5.74) is -0.659. The Labute approximate surface area is 149 Å². The zero-order valence-corrected chi connectivity index (χ0v) is 15.3. The van der Waals surface area contributed by atoms with Crippen LogP contribution in [0.5, 0.6) is 0 Å². The number of aliphatic hydroxyl groups is 1. The smallest absolute Gasteiger partial charge is 0.396 e. The Morgan fingerprint density at radius 3 is 2.52 bits per heavy atom. The number of carbonyl (C=O) groups excluding carboxylic acids is 1. The van der Waals surface area contributed by atoms with E-state index in [2.05, 4.69) is 10.3 Å². The fourth-order valence-electron chi connectivity index (χ4n) is 2.26. The number of thioether (sulfide) groups is 1. The quantitative estimate of drug-likeness (QED) is 0.817. The summed E-state index contributed by atoms with van der Waals surface area (Å²) >= 11 is 1.19. The van der Waals surface area contributed by atoms with Crippen LogP contribution in [0.15, 0.2) is 29.3 Å². The third kappa shape index (κ3) is 5.74. The Morgan fingerprint density at radius 2 is 1.92 bits per heavy atom. The van der Waals surface area contributed by atoms with Crippen LogP contribution in [0.2, 0.25) is 0 Å². The van der Waals surface area contributed by atoms with Crippen molar-refractivity contribution in [2.45, 2.75) is 51.1 Å². The molecule has 1 unspecified atom stereocenters. The van der Waals surface area contributed by atoms with E-state index >= 15 is 0 Å². The fourth-order valence-corrected chi connectivity index (χ4v) is 3.35. The van der Waals surface area contributed by atoms with E-state index in [0.29, 0.717) is 18.0 Å². The Morgan fingerprint density at radius 1 is 1.28 bits per heavy atom. The molecule has 1 amide bonds. The maximum Gasteiger partial charge on any atom is 0.416 e. The number of hydrogen-bond donors (Lipinski definition) is 2. The minimum Gasteiger partial charge on any atom is -0.396 e. The molecule has 1 aromatic carbocycles. The molecule has 140 valence electrons. The van der Waals surface area contributed by atoms with Gasteiger partial charge < -0.3 is 10.4 Å². The van der Waals surface area contributed by atoms with E-state index in [1.807, 2.05) is 13.8 Å². The number of rotatable bonds is 5. The van der Waals surface area contributed by atoms with Gasteiger partial charge in [0.15, 0.2) is 5.17 Å². The van der Waals surface area contributed by atoms with Crippen LogP contribution < -0.4 is 5.32 Å². The molecular formula is C17H23F3N2O2S. The first-order valence-corrected chi connectivity index (χ1v) is 8.89. The predicted octanol–water partition coefficient (Wildman–Crippen LogP) is 3.98. The number of halogens is 3. The molecule has 2 N–H and O–H groups in total. The highest BCUT2D eigenvalue weighted by Crippen LogP contribution is 2.36. The Kier molecular flexibility index (Phi) is 7.95. The molecule has 25 heavy (non-hydrogen) atoms. The first kappa shape index (κ1) is 21.5. The molecule has 1 aromatic rings.